The van der Waals surface area contributed by atoms with E-state index in [-0.39, 0.29) is 51.6 Å². The summed E-state index contributed by atoms with van der Waals surface area (Å²) in [6.07, 6.45) is -10.8. The summed E-state index contributed by atoms with van der Waals surface area (Å²) in [5.41, 5.74) is 0.323. The smallest absolute Gasteiger partial charge is 0.310 e. The number of carboxylic acids is 1. The molecule has 22 atom stereocenters. The van der Waals surface area contributed by atoms with E-state index in [4.69, 9.17) is 28.4 Å². The Hall–Kier alpha value is -1.35. The van der Waals surface area contributed by atoms with Crippen molar-refractivity contribution in [3.05, 3.63) is 11.6 Å². The minimum atomic E-state index is -1.78. The van der Waals surface area contributed by atoms with E-state index in [1.165, 1.54) is 12.5 Å². The summed E-state index contributed by atoms with van der Waals surface area (Å²) in [6, 6.07) is 0. The fourth-order valence-corrected chi connectivity index (χ4v) is 14.9. The Morgan fingerprint density at radius 1 is 0.746 bits per heavy atom. The Morgan fingerprint density at radius 3 is 2.10 bits per heavy atom. The first-order valence-corrected chi connectivity index (χ1v) is 23.5. The minimum absolute atomic E-state index is 0.0223. The quantitative estimate of drug-likeness (QED) is 0.125. The van der Waals surface area contributed by atoms with E-state index in [1.807, 2.05) is 0 Å². The van der Waals surface area contributed by atoms with E-state index in [9.17, 15) is 50.8 Å². The van der Waals surface area contributed by atoms with Crippen molar-refractivity contribution in [1.29, 1.82) is 0 Å². The molecule has 0 amide bonds. The van der Waals surface area contributed by atoms with Gasteiger partial charge in [0.25, 0.3) is 0 Å². The summed E-state index contributed by atoms with van der Waals surface area (Å²) in [6.45, 7) is 17.2. The van der Waals surface area contributed by atoms with Crippen molar-refractivity contribution in [2.45, 2.75) is 212 Å². The second kappa shape index (κ2) is 16.7. The molecule has 0 aromatic heterocycles. The van der Waals surface area contributed by atoms with Gasteiger partial charge in [0.1, 0.15) is 61.0 Å². The van der Waals surface area contributed by atoms with Gasteiger partial charge in [-0.2, -0.15) is 0 Å². The lowest BCUT2D eigenvalue weighted by Crippen LogP contribution is -2.66. The van der Waals surface area contributed by atoms with Crippen LogP contribution in [0.15, 0.2) is 11.6 Å². The number of aliphatic carboxylic acids is 1. The first kappa shape index (κ1) is 48.1. The van der Waals surface area contributed by atoms with E-state index in [1.54, 1.807) is 0 Å². The fraction of sp³-hybridized carbons (Fsp3) is 0.936. The third-order valence-corrected chi connectivity index (χ3v) is 18.6. The minimum Gasteiger partial charge on any atom is -0.481 e. The van der Waals surface area contributed by atoms with Gasteiger partial charge in [0.2, 0.25) is 0 Å². The number of rotatable bonds is 8. The highest BCUT2D eigenvalue weighted by atomic mass is 16.8. The summed E-state index contributed by atoms with van der Waals surface area (Å²) in [4.78, 5) is 13.2. The van der Waals surface area contributed by atoms with Crippen LogP contribution in [0.2, 0.25) is 0 Å². The Morgan fingerprint density at radius 2 is 1.41 bits per heavy atom. The number of allylic oxidation sites excluding steroid dienone is 2. The van der Waals surface area contributed by atoms with Gasteiger partial charge in [-0.15, -0.1) is 0 Å². The van der Waals surface area contributed by atoms with Gasteiger partial charge in [-0.25, -0.2) is 0 Å². The zero-order valence-electron chi connectivity index (χ0n) is 38.3. The molecule has 5 aliphatic carbocycles. The molecule has 7 fully saturated rings. The largest absolute Gasteiger partial charge is 0.481 e. The maximum atomic E-state index is 13.2. The number of carboxylic acid groups (broad SMARTS) is 1. The summed E-state index contributed by atoms with van der Waals surface area (Å²) in [7, 11) is 0. The normalized spacial score (nSPS) is 54.1. The SMILES string of the molecule is C[C@@H]1O[C@@H](O[C@H]2[C@H](O[C@H]3[C@H](O[C@@H]4CC[C@@]5(C)[C@H](C4)C(C)(C)C[C@]4(C)[C@@H]5CC=C5[C@@H]6CC(C)(C)CC[C@]6(C(=O)O)CC[C@]54C)OC[C@H](O)[C@@H]3O)O[C@H](CO)[C@@H](O)[C@H]2O)[C@H](O)[C@@H](O)[C@H]1O. The molecule has 9 N–H and O–H groups in total. The topological polar surface area (TPSA) is 255 Å². The van der Waals surface area contributed by atoms with Crippen molar-refractivity contribution in [1.82, 2.24) is 0 Å². The molecule has 3 heterocycles. The van der Waals surface area contributed by atoms with Crippen molar-refractivity contribution in [2.24, 2.45) is 50.2 Å². The first-order valence-electron chi connectivity index (χ1n) is 23.5. The molecule has 8 aliphatic rings. The number of carbonyl (C=O) groups is 1. The van der Waals surface area contributed by atoms with Gasteiger partial charge in [0.15, 0.2) is 18.9 Å². The molecule has 63 heavy (non-hydrogen) atoms. The number of aliphatic hydroxyl groups is 8. The van der Waals surface area contributed by atoms with Crippen LogP contribution in [0, 0.1) is 50.2 Å². The molecule has 16 heteroatoms. The molecule has 0 aromatic rings. The van der Waals surface area contributed by atoms with Crippen molar-refractivity contribution in [3.8, 4) is 0 Å². The van der Waals surface area contributed by atoms with Gasteiger partial charge in [-0.05, 0) is 116 Å². The Kier molecular flexibility index (Phi) is 12.8. The standard InChI is InChI=1S/C47H76O16/c1-22-30(50)33(53)35(55)38(59-22)62-37-34(54)32(52)27(19-48)61-40(37)63-36-31(51)26(49)20-58-39(36)60-23-11-12-44(6)28-10-9-24-25-18-42(2,3)13-15-47(25,41(56)57)16-14-45(24,7)46(28,8)21-43(4,5)29(44)17-23/h9,22-23,25-40,48-55H,10-21H2,1-8H3,(H,56,57)/t22-,23+,25-,26-,27+,28+,29+,30-,31-,32+,33-,34+,35+,36+,37+,38-,39-,40-,44+,45+,46+,47-/m0/s1. The van der Waals surface area contributed by atoms with Gasteiger partial charge in [-0.3, -0.25) is 4.79 Å². The monoisotopic (exact) mass is 897 g/mol. The Balaban J connectivity index is 1.02. The molecule has 0 radical (unpaired) electrons. The third kappa shape index (κ3) is 7.70. The third-order valence-electron chi connectivity index (χ3n) is 18.6. The Labute approximate surface area is 371 Å². The molecule has 360 valence electrons. The highest BCUT2D eigenvalue weighted by Crippen LogP contribution is 2.77. The lowest BCUT2D eigenvalue weighted by molar-refractivity contribution is -0.390. The van der Waals surface area contributed by atoms with Crippen LogP contribution in [0.1, 0.15) is 120 Å². The second-order valence-electron chi connectivity index (χ2n) is 23.2. The highest BCUT2D eigenvalue weighted by Gasteiger charge is 2.70. The van der Waals surface area contributed by atoms with Crippen LogP contribution in [-0.2, 0) is 33.2 Å². The van der Waals surface area contributed by atoms with Gasteiger partial charge in [0.05, 0.1) is 30.8 Å². The van der Waals surface area contributed by atoms with Crippen LogP contribution in [-0.4, -0.2) is 157 Å². The van der Waals surface area contributed by atoms with Crippen molar-refractivity contribution < 1.29 is 79.2 Å². The fourth-order valence-electron chi connectivity index (χ4n) is 14.9. The first-order chi connectivity index (χ1) is 29.3. The van der Waals surface area contributed by atoms with Crippen LogP contribution in [0.25, 0.3) is 0 Å². The molecule has 3 aliphatic heterocycles. The van der Waals surface area contributed by atoms with Gasteiger partial charge >= 0.3 is 5.97 Å². The molecule has 16 nitrogen and oxygen atoms in total. The van der Waals surface area contributed by atoms with E-state index in [0.29, 0.717) is 25.2 Å². The van der Waals surface area contributed by atoms with Crippen LogP contribution in [0.5, 0.6) is 0 Å². The number of ether oxygens (including phenoxy) is 6. The van der Waals surface area contributed by atoms with E-state index in [0.717, 1.165) is 44.9 Å². The zero-order chi connectivity index (χ0) is 46.0. The predicted octanol–water partition coefficient (Wildman–Crippen LogP) is 2.37. The molecule has 4 saturated carbocycles. The molecule has 3 saturated heterocycles. The summed E-state index contributed by atoms with van der Waals surface area (Å²) in [5, 5.41) is 96.6. The molecule has 8 rings (SSSR count). The van der Waals surface area contributed by atoms with Crippen LogP contribution >= 0.6 is 0 Å². The highest BCUT2D eigenvalue weighted by molar-refractivity contribution is 5.76. The zero-order valence-corrected chi connectivity index (χ0v) is 38.3. The Bertz CT molecular complexity index is 1720. The summed E-state index contributed by atoms with van der Waals surface area (Å²) in [5.74, 6) is -0.0331. The van der Waals surface area contributed by atoms with Crippen molar-refractivity contribution in [2.75, 3.05) is 13.2 Å². The van der Waals surface area contributed by atoms with E-state index in [2.05, 4.69) is 54.5 Å². The average molecular weight is 897 g/mol. The summed E-state index contributed by atoms with van der Waals surface area (Å²) < 4.78 is 36.5. The van der Waals surface area contributed by atoms with Gasteiger partial charge in [-0.1, -0.05) is 60.1 Å². The molecule has 0 aromatic carbocycles. The lowest BCUT2D eigenvalue weighted by Gasteiger charge is -2.72. The van der Waals surface area contributed by atoms with E-state index < -0.39 is 104 Å². The van der Waals surface area contributed by atoms with Crippen molar-refractivity contribution >= 4 is 5.97 Å². The molecule has 0 spiro atoms. The predicted molar refractivity (Wildman–Crippen MR) is 223 cm³/mol. The van der Waals surface area contributed by atoms with Crippen LogP contribution < -0.4 is 0 Å². The number of hydrogen-bond donors (Lipinski definition) is 9. The van der Waals surface area contributed by atoms with Gasteiger partial charge in [0, 0.05) is 0 Å². The lowest BCUT2D eigenvalue weighted by atomic mass is 9.32. The molecular formula is C47H76O16. The second-order valence-corrected chi connectivity index (χ2v) is 23.2. The van der Waals surface area contributed by atoms with Crippen molar-refractivity contribution in [3.63, 3.8) is 0 Å². The molecule has 0 bridgehead atoms. The summed E-state index contributed by atoms with van der Waals surface area (Å²) >= 11 is 0. The van der Waals surface area contributed by atoms with Gasteiger partial charge < -0.3 is 74.4 Å². The van der Waals surface area contributed by atoms with Crippen LogP contribution in [0.4, 0.5) is 0 Å². The number of fused-ring (bicyclic) bond motifs is 7. The molecular weight excluding hydrogens is 821 g/mol. The van der Waals surface area contributed by atoms with E-state index >= 15 is 0 Å². The number of hydrogen-bond acceptors (Lipinski definition) is 15. The molecule has 0 unspecified atom stereocenters. The number of aliphatic hydroxyl groups excluding tert-OH is 8. The van der Waals surface area contributed by atoms with Crippen LogP contribution in [0.3, 0.4) is 0 Å². The maximum absolute atomic E-state index is 13.2. The average Bonchev–Trinajstić information content (AvgIpc) is 3.21. The maximum Gasteiger partial charge on any atom is 0.310 e.